The highest BCUT2D eigenvalue weighted by Crippen LogP contribution is 2.24. The molecule has 2 atom stereocenters. The fourth-order valence-corrected chi connectivity index (χ4v) is 1.34. The van der Waals surface area contributed by atoms with Gasteiger partial charge in [-0.2, -0.15) is 0 Å². The van der Waals surface area contributed by atoms with Gasteiger partial charge in [-0.15, -0.1) is 0 Å². The zero-order chi connectivity index (χ0) is 11.4. The van der Waals surface area contributed by atoms with Crippen molar-refractivity contribution < 1.29 is 20.1 Å². The summed E-state index contributed by atoms with van der Waals surface area (Å²) in [6, 6.07) is 5.14. The number of hydrogen-bond acceptors (Lipinski definition) is 4. The van der Waals surface area contributed by atoms with Crippen LogP contribution in [0.3, 0.4) is 0 Å². The van der Waals surface area contributed by atoms with Crippen molar-refractivity contribution in [2.24, 2.45) is 0 Å². The quantitative estimate of drug-likeness (QED) is 0.675. The molecular weight excluding hydrogens is 196 g/mol. The van der Waals surface area contributed by atoms with E-state index in [9.17, 15) is 10.2 Å². The number of aryl methyl sites for hydroxylation is 1. The minimum atomic E-state index is -1.17. The van der Waals surface area contributed by atoms with Crippen LogP contribution in [-0.2, 0) is 0 Å². The summed E-state index contributed by atoms with van der Waals surface area (Å²) in [6.07, 6.45) is -2.26. The molecule has 0 saturated carbocycles. The summed E-state index contributed by atoms with van der Waals surface area (Å²) in [6.45, 7) is 1.41. The fourth-order valence-electron chi connectivity index (χ4n) is 1.34. The number of hydrogen-bond donors (Lipinski definition) is 3. The van der Waals surface area contributed by atoms with Crippen LogP contribution in [0.5, 0.6) is 5.75 Å². The van der Waals surface area contributed by atoms with E-state index in [1.165, 1.54) is 0 Å². The van der Waals surface area contributed by atoms with E-state index >= 15 is 0 Å². The fraction of sp³-hybridized carbons (Fsp3) is 0.455. The van der Waals surface area contributed by atoms with Gasteiger partial charge in [0, 0.05) is 0 Å². The molecule has 15 heavy (non-hydrogen) atoms. The lowest BCUT2D eigenvalue weighted by Crippen LogP contribution is -2.22. The molecule has 84 valence electrons. The van der Waals surface area contributed by atoms with Crippen molar-refractivity contribution in [1.29, 1.82) is 0 Å². The summed E-state index contributed by atoms with van der Waals surface area (Å²) in [5.41, 5.74) is 1.48. The number of aliphatic hydroxyl groups excluding tert-OH is 3. The topological polar surface area (TPSA) is 69.9 Å². The molecule has 0 aromatic heterocycles. The zero-order valence-corrected chi connectivity index (χ0v) is 8.84. The normalized spacial score (nSPS) is 14.7. The largest absolute Gasteiger partial charge is 0.496 e. The van der Waals surface area contributed by atoms with Crippen LogP contribution in [0.1, 0.15) is 17.2 Å². The van der Waals surface area contributed by atoms with E-state index in [1.54, 1.807) is 25.3 Å². The van der Waals surface area contributed by atoms with E-state index in [-0.39, 0.29) is 0 Å². The van der Waals surface area contributed by atoms with Crippen molar-refractivity contribution in [3.8, 4) is 5.75 Å². The molecule has 0 aliphatic carbocycles. The maximum absolute atomic E-state index is 9.63. The van der Waals surface area contributed by atoms with Gasteiger partial charge in [0.15, 0.2) is 0 Å². The predicted molar refractivity (Wildman–Crippen MR) is 55.8 cm³/mol. The standard InChI is InChI=1S/C11H16O4/c1-7-3-4-8(5-10(7)15-2)11(14)9(13)6-12/h3-5,9,11-14H,6H2,1-2H3. The Morgan fingerprint density at radius 3 is 2.53 bits per heavy atom. The van der Waals surface area contributed by atoms with Crippen molar-refractivity contribution in [1.82, 2.24) is 0 Å². The highest BCUT2D eigenvalue weighted by molar-refractivity contribution is 5.37. The average molecular weight is 212 g/mol. The molecule has 4 nitrogen and oxygen atoms in total. The maximum Gasteiger partial charge on any atom is 0.122 e. The van der Waals surface area contributed by atoms with Gasteiger partial charge in [0.05, 0.1) is 13.7 Å². The summed E-state index contributed by atoms with van der Waals surface area (Å²) in [5.74, 6) is 0.650. The Hall–Kier alpha value is -1.10. The van der Waals surface area contributed by atoms with Gasteiger partial charge in [-0.3, -0.25) is 0 Å². The molecule has 0 saturated heterocycles. The molecule has 0 heterocycles. The third-order valence-electron chi connectivity index (χ3n) is 2.33. The zero-order valence-electron chi connectivity index (χ0n) is 8.84. The molecule has 0 radical (unpaired) electrons. The number of methoxy groups -OCH3 is 1. The monoisotopic (exact) mass is 212 g/mol. The lowest BCUT2D eigenvalue weighted by atomic mass is 10.0. The highest BCUT2D eigenvalue weighted by Gasteiger charge is 2.18. The average Bonchev–Trinajstić information content (AvgIpc) is 2.27. The summed E-state index contributed by atoms with van der Waals surface area (Å²) < 4.78 is 5.09. The van der Waals surface area contributed by atoms with Gasteiger partial charge >= 0.3 is 0 Å². The van der Waals surface area contributed by atoms with Gasteiger partial charge in [-0.25, -0.2) is 0 Å². The lowest BCUT2D eigenvalue weighted by Gasteiger charge is -2.17. The van der Waals surface area contributed by atoms with Crippen LogP contribution in [0, 0.1) is 6.92 Å². The Bertz CT molecular complexity index is 324. The van der Waals surface area contributed by atoms with E-state index in [0.29, 0.717) is 11.3 Å². The first-order chi connectivity index (χ1) is 7.10. The van der Waals surface area contributed by atoms with Crippen LogP contribution in [0.4, 0.5) is 0 Å². The van der Waals surface area contributed by atoms with Crippen LogP contribution in [0.15, 0.2) is 18.2 Å². The van der Waals surface area contributed by atoms with Crippen LogP contribution < -0.4 is 4.74 Å². The minimum Gasteiger partial charge on any atom is -0.496 e. The van der Waals surface area contributed by atoms with Crippen LogP contribution in [0.25, 0.3) is 0 Å². The first kappa shape index (κ1) is 12.0. The molecule has 2 unspecified atom stereocenters. The second-order valence-electron chi connectivity index (χ2n) is 3.42. The van der Waals surface area contributed by atoms with E-state index in [1.807, 2.05) is 6.92 Å². The first-order valence-corrected chi connectivity index (χ1v) is 4.71. The molecule has 3 N–H and O–H groups in total. The van der Waals surface area contributed by atoms with Gasteiger partial charge in [0.1, 0.15) is 18.0 Å². The SMILES string of the molecule is COc1cc(C(O)C(O)CO)ccc1C. The molecule has 0 bridgehead atoms. The Kier molecular flexibility index (Phi) is 4.08. The Morgan fingerprint density at radius 1 is 1.33 bits per heavy atom. The molecule has 4 heteroatoms. The summed E-state index contributed by atoms with van der Waals surface area (Å²) in [5, 5.41) is 27.6. The number of aliphatic hydroxyl groups is 3. The third kappa shape index (κ3) is 2.68. The second-order valence-corrected chi connectivity index (χ2v) is 3.42. The van der Waals surface area contributed by atoms with Crippen LogP contribution >= 0.6 is 0 Å². The number of rotatable bonds is 4. The molecule has 1 aromatic carbocycles. The van der Waals surface area contributed by atoms with E-state index in [2.05, 4.69) is 0 Å². The Morgan fingerprint density at radius 2 is 2.00 bits per heavy atom. The molecule has 1 rings (SSSR count). The summed E-state index contributed by atoms with van der Waals surface area (Å²) >= 11 is 0. The van der Waals surface area contributed by atoms with E-state index in [0.717, 1.165) is 5.56 Å². The van der Waals surface area contributed by atoms with Crippen molar-refractivity contribution >= 4 is 0 Å². The molecule has 0 aliphatic heterocycles. The predicted octanol–water partition coefficient (Wildman–Crippen LogP) is 0.390. The second kappa shape index (κ2) is 5.11. The Labute approximate surface area is 88.8 Å². The highest BCUT2D eigenvalue weighted by atomic mass is 16.5. The first-order valence-electron chi connectivity index (χ1n) is 4.71. The van der Waals surface area contributed by atoms with Crippen molar-refractivity contribution in [3.05, 3.63) is 29.3 Å². The Balaban J connectivity index is 2.95. The van der Waals surface area contributed by atoms with Crippen LogP contribution in [-0.4, -0.2) is 35.1 Å². The third-order valence-corrected chi connectivity index (χ3v) is 2.33. The molecule has 0 fully saturated rings. The van der Waals surface area contributed by atoms with Gasteiger partial charge in [0.25, 0.3) is 0 Å². The molecular formula is C11H16O4. The summed E-state index contributed by atoms with van der Waals surface area (Å²) in [7, 11) is 1.54. The van der Waals surface area contributed by atoms with Gasteiger partial charge in [-0.05, 0) is 24.1 Å². The van der Waals surface area contributed by atoms with Gasteiger partial charge < -0.3 is 20.1 Å². The minimum absolute atomic E-state index is 0.475. The van der Waals surface area contributed by atoms with Crippen molar-refractivity contribution in [3.63, 3.8) is 0 Å². The molecule has 0 spiro atoms. The molecule has 1 aromatic rings. The number of benzene rings is 1. The maximum atomic E-state index is 9.63. The molecule has 0 amide bonds. The van der Waals surface area contributed by atoms with Gasteiger partial charge in [0.2, 0.25) is 0 Å². The van der Waals surface area contributed by atoms with E-state index in [4.69, 9.17) is 9.84 Å². The van der Waals surface area contributed by atoms with Crippen LogP contribution in [0.2, 0.25) is 0 Å². The number of ether oxygens (including phenoxy) is 1. The van der Waals surface area contributed by atoms with Crippen molar-refractivity contribution in [2.45, 2.75) is 19.1 Å². The summed E-state index contributed by atoms with van der Waals surface area (Å²) in [4.78, 5) is 0. The van der Waals surface area contributed by atoms with E-state index < -0.39 is 18.8 Å². The smallest absolute Gasteiger partial charge is 0.122 e. The lowest BCUT2D eigenvalue weighted by molar-refractivity contribution is -0.0153. The molecule has 0 aliphatic rings. The van der Waals surface area contributed by atoms with Crippen molar-refractivity contribution in [2.75, 3.05) is 13.7 Å². The van der Waals surface area contributed by atoms with Gasteiger partial charge in [-0.1, -0.05) is 12.1 Å².